The third kappa shape index (κ3) is 2.17. The Labute approximate surface area is 131 Å². The molecular formula is C16H27NOS2. The van der Waals surface area contributed by atoms with E-state index in [1.165, 1.54) is 50.0 Å². The summed E-state index contributed by atoms with van der Waals surface area (Å²) < 4.78 is 0.493. The van der Waals surface area contributed by atoms with Crippen LogP contribution in [0, 0.1) is 11.8 Å². The maximum absolute atomic E-state index is 9.89. The molecule has 0 aromatic rings. The molecule has 0 unspecified atom stereocenters. The van der Waals surface area contributed by atoms with Crippen molar-refractivity contribution in [1.82, 2.24) is 4.90 Å². The van der Waals surface area contributed by atoms with E-state index in [-0.39, 0.29) is 0 Å². The molecule has 20 heavy (non-hydrogen) atoms. The van der Waals surface area contributed by atoms with Crippen molar-refractivity contribution < 1.29 is 5.11 Å². The lowest BCUT2D eigenvalue weighted by atomic mass is 9.76. The van der Waals surface area contributed by atoms with Crippen molar-refractivity contribution in [3.8, 4) is 0 Å². The van der Waals surface area contributed by atoms with Gasteiger partial charge in [-0.25, -0.2) is 0 Å². The Balaban J connectivity index is 1.62. The van der Waals surface area contributed by atoms with E-state index in [2.05, 4.69) is 35.3 Å². The topological polar surface area (TPSA) is 23.5 Å². The molecule has 4 heterocycles. The molecule has 2 nitrogen and oxygen atoms in total. The fraction of sp³-hybridized carbons (Fsp3) is 1.00. The van der Waals surface area contributed by atoms with Crippen LogP contribution in [0.2, 0.25) is 0 Å². The first kappa shape index (κ1) is 14.2. The average Bonchev–Trinajstić information content (AvgIpc) is 2.88. The van der Waals surface area contributed by atoms with E-state index in [1.807, 2.05) is 0 Å². The molecule has 0 aromatic heterocycles. The number of aliphatic hydroxyl groups is 1. The van der Waals surface area contributed by atoms with Gasteiger partial charge in [0.1, 0.15) is 0 Å². The van der Waals surface area contributed by atoms with Gasteiger partial charge in [0, 0.05) is 24.7 Å². The van der Waals surface area contributed by atoms with Crippen LogP contribution in [0.25, 0.3) is 0 Å². The maximum Gasteiger partial charge on any atom is 0.0640 e. The van der Waals surface area contributed by atoms with Gasteiger partial charge in [0.05, 0.1) is 4.08 Å². The summed E-state index contributed by atoms with van der Waals surface area (Å²) in [6.45, 7) is 2.82. The first-order valence-electron chi connectivity index (χ1n) is 8.39. The molecule has 0 radical (unpaired) electrons. The quantitative estimate of drug-likeness (QED) is 0.803. The first-order chi connectivity index (χ1) is 9.72. The van der Waals surface area contributed by atoms with E-state index in [1.54, 1.807) is 0 Å². The van der Waals surface area contributed by atoms with Crippen LogP contribution >= 0.6 is 23.5 Å². The number of nitrogens with zero attached hydrogens (tertiary/aromatic N) is 1. The van der Waals surface area contributed by atoms with Crippen LogP contribution in [-0.2, 0) is 0 Å². The van der Waals surface area contributed by atoms with Gasteiger partial charge in [0.25, 0.3) is 0 Å². The summed E-state index contributed by atoms with van der Waals surface area (Å²) in [7, 11) is 0. The van der Waals surface area contributed by atoms with Crippen LogP contribution < -0.4 is 0 Å². The van der Waals surface area contributed by atoms with Crippen molar-refractivity contribution in [2.75, 3.05) is 18.1 Å². The van der Waals surface area contributed by atoms with Crippen LogP contribution in [0.5, 0.6) is 0 Å². The molecule has 0 saturated carbocycles. The summed E-state index contributed by atoms with van der Waals surface area (Å²) in [6.07, 6.45) is 8.19. The highest BCUT2D eigenvalue weighted by molar-refractivity contribution is 8.18. The molecular weight excluding hydrogens is 286 g/mol. The second kappa shape index (κ2) is 5.36. The zero-order chi connectivity index (χ0) is 13.7. The normalized spacial score (nSPS) is 47.4. The third-order valence-electron chi connectivity index (χ3n) is 6.18. The van der Waals surface area contributed by atoms with Gasteiger partial charge < -0.3 is 5.11 Å². The summed E-state index contributed by atoms with van der Waals surface area (Å²) in [4.78, 5) is 2.87. The zero-order valence-corrected chi connectivity index (χ0v) is 14.1. The van der Waals surface area contributed by atoms with Gasteiger partial charge in [0.15, 0.2) is 0 Å². The Kier molecular flexibility index (Phi) is 3.81. The standard InChI is InChI=1S/C16H27NOS2/c1-11-7-12(10-18)15-9-16(19-5-2-6-20-16)8-13-3-4-14(11)17(13)15/h11-15,18H,2-10H2,1H3/t11-,12-,13+,14+,15+/m0/s1. The average molecular weight is 314 g/mol. The fourth-order valence-electron chi connectivity index (χ4n) is 5.35. The van der Waals surface area contributed by atoms with Gasteiger partial charge in [0.2, 0.25) is 0 Å². The Bertz CT molecular complexity index is 371. The minimum atomic E-state index is 0.399. The van der Waals surface area contributed by atoms with Gasteiger partial charge in [-0.3, -0.25) is 4.90 Å². The summed E-state index contributed by atoms with van der Waals surface area (Å²) in [5.74, 6) is 4.03. The Hall–Kier alpha value is 0.620. The number of rotatable bonds is 1. The molecule has 1 N–H and O–H groups in total. The zero-order valence-electron chi connectivity index (χ0n) is 12.5. The van der Waals surface area contributed by atoms with E-state index < -0.39 is 0 Å². The van der Waals surface area contributed by atoms with Gasteiger partial charge in [-0.1, -0.05) is 6.92 Å². The summed E-state index contributed by atoms with van der Waals surface area (Å²) in [5, 5.41) is 9.89. The molecule has 4 saturated heterocycles. The largest absolute Gasteiger partial charge is 0.396 e. The van der Waals surface area contributed by atoms with E-state index in [0.29, 0.717) is 22.6 Å². The number of thioether (sulfide) groups is 2. The molecule has 114 valence electrons. The van der Waals surface area contributed by atoms with Crippen LogP contribution in [0.1, 0.15) is 45.4 Å². The highest BCUT2D eigenvalue weighted by atomic mass is 32.2. The van der Waals surface area contributed by atoms with Crippen molar-refractivity contribution in [2.45, 2.75) is 67.7 Å². The lowest BCUT2D eigenvalue weighted by Gasteiger charge is -2.56. The van der Waals surface area contributed by atoms with E-state index in [4.69, 9.17) is 0 Å². The SMILES string of the molecule is C[C@H]1C[C@@H](CO)[C@H]2CC3(C[C@H]4CC[C@H]1N42)SCCCS3. The second-order valence-corrected chi connectivity index (χ2v) is 10.6. The number of hydrogen-bond donors (Lipinski definition) is 1. The molecule has 0 aliphatic carbocycles. The van der Waals surface area contributed by atoms with Crippen molar-refractivity contribution in [1.29, 1.82) is 0 Å². The van der Waals surface area contributed by atoms with Gasteiger partial charge in [-0.2, -0.15) is 0 Å². The molecule has 4 fully saturated rings. The van der Waals surface area contributed by atoms with Crippen LogP contribution in [0.4, 0.5) is 0 Å². The maximum atomic E-state index is 9.89. The number of hydrogen-bond acceptors (Lipinski definition) is 4. The predicted molar refractivity (Wildman–Crippen MR) is 88.3 cm³/mol. The van der Waals surface area contributed by atoms with Gasteiger partial charge in [-0.15, -0.1) is 23.5 Å². The van der Waals surface area contributed by atoms with Gasteiger partial charge >= 0.3 is 0 Å². The van der Waals surface area contributed by atoms with Crippen LogP contribution in [0.3, 0.4) is 0 Å². The number of aliphatic hydroxyl groups excluding tert-OH is 1. The molecule has 0 bridgehead atoms. The smallest absolute Gasteiger partial charge is 0.0640 e. The lowest BCUT2D eigenvalue weighted by molar-refractivity contribution is -0.0380. The van der Waals surface area contributed by atoms with Crippen molar-refractivity contribution in [3.63, 3.8) is 0 Å². The van der Waals surface area contributed by atoms with Crippen LogP contribution in [0.15, 0.2) is 0 Å². The molecule has 0 aromatic carbocycles. The monoisotopic (exact) mass is 313 g/mol. The molecule has 5 atom stereocenters. The number of piperidine rings is 2. The molecule has 4 heteroatoms. The molecule has 4 aliphatic rings. The van der Waals surface area contributed by atoms with E-state index in [9.17, 15) is 5.11 Å². The lowest BCUT2D eigenvalue weighted by Crippen LogP contribution is -2.61. The highest BCUT2D eigenvalue weighted by Crippen LogP contribution is 2.57. The molecule has 4 aliphatic heterocycles. The van der Waals surface area contributed by atoms with Crippen molar-refractivity contribution in [2.24, 2.45) is 11.8 Å². The van der Waals surface area contributed by atoms with Crippen LogP contribution in [-0.4, -0.2) is 50.3 Å². The van der Waals surface area contributed by atoms with E-state index >= 15 is 0 Å². The highest BCUT2D eigenvalue weighted by Gasteiger charge is 2.55. The van der Waals surface area contributed by atoms with Crippen molar-refractivity contribution in [3.05, 3.63) is 0 Å². The summed E-state index contributed by atoms with van der Waals surface area (Å²) in [6, 6.07) is 2.30. The Morgan fingerprint density at radius 1 is 1.15 bits per heavy atom. The summed E-state index contributed by atoms with van der Waals surface area (Å²) in [5.41, 5.74) is 0. The van der Waals surface area contributed by atoms with Gasteiger partial charge in [-0.05, 0) is 61.9 Å². The molecule has 0 amide bonds. The second-order valence-electron chi connectivity index (χ2n) is 7.34. The summed E-state index contributed by atoms with van der Waals surface area (Å²) >= 11 is 4.50. The molecule has 1 spiro atoms. The Morgan fingerprint density at radius 2 is 1.95 bits per heavy atom. The third-order valence-corrected chi connectivity index (χ3v) is 9.59. The van der Waals surface area contributed by atoms with E-state index in [0.717, 1.165) is 18.0 Å². The fourth-order valence-corrected chi connectivity index (χ4v) is 8.89. The minimum Gasteiger partial charge on any atom is -0.396 e. The minimum absolute atomic E-state index is 0.399. The first-order valence-corrected chi connectivity index (χ1v) is 10.4. The predicted octanol–water partition coefficient (Wildman–Crippen LogP) is 3.20. The van der Waals surface area contributed by atoms with Crippen molar-refractivity contribution >= 4 is 23.5 Å². The molecule has 4 rings (SSSR count). The Morgan fingerprint density at radius 3 is 2.70 bits per heavy atom.